The van der Waals surface area contributed by atoms with Gasteiger partial charge in [0.25, 0.3) is 10.0 Å². The minimum Gasteiger partial charge on any atom is -0.323 e. The molecule has 0 bridgehead atoms. The fourth-order valence-corrected chi connectivity index (χ4v) is 3.72. The number of anilines is 2. The first-order chi connectivity index (χ1) is 12.5. The molecule has 0 saturated carbocycles. The molecule has 0 saturated heterocycles. The molecule has 1 aromatic heterocycles. The van der Waals surface area contributed by atoms with E-state index < -0.39 is 10.0 Å². The van der Waals surface area contributed by atoms with Gasteiger partial charge in [0, 0.05) is 11.8 Å². The van der Waals surface area contributed by atoms with E-state index in [1.807, 2.05) is 30.3 Å². The molecule has 0 atom stereocenters. The number of hydrogen-bond acceptors (Lipinski definition) is 6. The monoisotopic (exact) mass is 386 g/mol. The Morgan fingerprint density at radius 3 is 2.42 bits per heavy atom. The Hall–Kier alpha value is -3.04. The SMILES string of the molecule is O=C(C=Cc1ccccc1)Nc1ccc(S(=O)(=O)Nc2nncs2)cc1. The number of nitrogens with zero attached hydrogens (tertiary/aromatic N) is 2. The summed E-state index contributed by atoms with van der Waals surface area (Å²) < 4.78 is 26.8. The highest BCUT2D eigenvalue weighted by atomic mass is 32.2. The van der Waals surface area contributed by atoms with Gasteiger partial charge in [0.15, 0.2) is 0 Å². The van der Waals surface area contributed by atoms with Crippen LogP contribution in [0.5, 0.6) is 0 Å². The van der Waals surface area contributed by atoms with Crippen LogP contribution < -0.4 is 10.0 Å². The fraction of sp³-hybridized carbons (Fsp3) is 0. The van der Waals surface area contributed by atoms with Crippen LogP contribution in [-0.2, 0) is 14.8 Å². The Morgan fingerprint density at radius 2 is 1.77 bits per heavy atom. The molecule has 3 rings (SSSR count). The van der Waals surface area contributed by atoms with Gasteiger partial charge in [0.05, 0.1) is 4.90 Å². The summed E-state index contributed by atoms with van der Waals surface area (Å²) in [7, 11) is -3.74. The van der Waals surface area contributed by atoms with E-state index in [9.17, 15) is 13.2 Å². The van der Waals surface area contributed by atoms with E-state index in [0.717, 1.165) is 16.9 Å². The zero-order valence-corrected chi connectivity index (χ0v) is 15.0. The highest BCUT2D eigenvalue weighted by Crippen LogP contribution is 2.19. The Bertz CT molecular complexity index is 1000. The smallest absolute Gasteiger partial charge is 0.263 e. The maximum absolute atomic E-state index is 12.2. The first-order valence-electron chi connectivity index (χ1n) is 7.46. The lowest BCUT2D eigenvalue weighted by atomic mass is 10.2. The van der Waals surface area contributed by atoms with Crippen molar-refractivity contribution in [2.75, 3.05) is 10.0 Å². The number of sulfonamides is 1. The quantitative estimate of drug-likeness (QED) is 0.634. The summed E-state index contributed by atoms with van der Waals surface area (Å²) in [6, 6.07) is 15.3. The van der Waals surface area contributed by atoms with Gasteiger partial charge in [-0.05, 0) is 35.9 Å². The van der Waals surface area contributed by atoms with Crippen LogP contribution in [0.15, 0.2) is 71.1 Å². The molecule has 2 aromatic carbocycles. The molecular formula is C17H14N4O3S2. The molecule has 0 radical (unpaired) electrons. The van der Waals surface area contributed by atoms with Crippen molar-refractivity contribution in [2.45, 2.75) is 4.90 Å². The van der Waals surface area contributed by atoms with Crippen LogP contribution in [-0.4, -0.2) is 24.5 Å². The average molecular weight is 386 g/mol. The number of amides is 1. The summed E-state index contributed by atoms with van der Waals surface area (Å²) in [5, 5.41) is 10.1. The second-order valence-corrected chi connectivity index (χ2v) is 7.62. The van der Waals surface area contributed by atoms with Crippen molar-refractivity contribution in [3.05, 3.63) is 71.7 Å². The van der Waals surface area contributed by atoms with E-state index in [1.165, 1.54) is 35.9 Å². The third kappa shape index (κ3) is 4.74. The number of rotatable bonds is 6. The standard InChI is InChI=1S/C17H14N4O3S2/c22-16(11-6-13-4-2-1-3-5-13)19-14-7-9-15(10-8-14)26(23,24)21-17-20-18-12-25-17/h1-12H,(H,19,22)(H,20,21). The van der Waals surface area contributed by atoms with E-state index in [2.05, 4.69) is 20.2 Å². The van der Waals surface area contributed by atoms with Crippen LogP contribution in [0.4, 0.5) is 10.8 Å². The van der Waals surface area contributed by atoms with Crippen LogP contribution >= 0.6 is 11.3 Å². The Labute approximate surface area is 154 Å². The minimum atomic E-state index is -3.74. The van der Waals surface area contributed by atoms with Gasteiger partial charge in [0.2, 0.25) is 11.0 Å². The largest absolute Gasteiger partial charge is 0.323 e. The van der Waals surface area contributed by atoms with Gasteiger partial charge in [0.1, 0.15) is 5.51 Å². The molecular weight excluding hydrogens is 372 g/mol. The number of benzene rings is 2. The van der Waals surface area contributed by atoms with Crippen molar-refractivity contribution in [3.8, 4) is 0 Å². The van der Waals surface area contributed by atoms with Gasteiger partial charge in [-0.2, -0.15) is 0 Å². The van der Waals surface area contributed by atoms with Crippen molar-refractivity contribution in [1.29, 1.82) is 0 Å². The van der Waals surface area contributed by atoms with Crippen molar-refractivity contribution >= 4 is 44.2 Å². The summed E-state index contributed by atoms with van der Waals surface area (Å²) in [5.74, 6) is -0.309. The number of nitrogens with one attached hydrogen (secondary N) is 2. The molecule has 1 heterocycles. The van der Waals surface area contributed by atoms with Gasteiger partial charge in [-0.25, -0.2) is 8.42 Å². The van der Waals surface area contributed by atoms with Crippen LogP contribution in [0.3, 0.4) is 0 Å². The average Bonchev–Trinajstić information content (AvgIpc) is 3.14. The molecule has 0 aliphatic carbocycles. The predicted molar refractivity (Wildman–Crippen MR) is 101 cm³/mol. The molecule has 0 aliphatic heterocycles. The van der Waals surface area contributed by atoms with Crippen molar-refractivity contribution in [1.82, 2.24) is 10.2 Å². The molecule has 3 aromatic rings. The van der Waals surface area contributed by atoms with E-state index in [0.29, 0.717) is 5.69 Å². The molecule has 26 heavy (non-hydrogen) atoms. The summed E-state index contributed by atoms with van der Waals surface area (Å²) in [6.07, 6.45) is 3.11. The second kappa shape index (κ2) is 7.89. The number of carbonyl (C=O) groups excluding carboxylic acids is 1. The molecule has 0 spiro atoms. The maximum atomic E-state index is 12.2. The molecule has 0 fully saturated rings. The predicted octanol–water partition coefficient (Wildman–Crippen LogP) is 2.99. The molecule has 0 unspecified atom stereocenters. The summed E-state index contributed by atoms with van der Waals surface area (Å²) >= 11 is 1.08. The van der Waals surface area contributed by atoms with Gasteiger partial charge >= 0.3 is 0 Å². The molecule has 132 valence electrons. The lowest BCUT2D eigenvalue weighted by molar-refractivity contribution is -0.111. The molecule has 7 nitrogen and oxygen atoms in total. The van der Waals surface area contributed by atoms with Crippen LogP contribution in [0, 0.1) is 0 Å². The first-order valence-corrected chi connectivity index (χ1v) is 9.82. The van der Waals surface area contributed by atoms with Gasteiger partial charge < -0.3 is 5.32 Å². The molecule has 0 aliphatic rings. The fourth-order valence-electron chi connectivity index (χ4n) is 2.03. The van der Waals surface area contributed by atoms with Crippen LogP contribution in [0.1, 0.15) is 5.56 Å². The highest BCUT2D eigenvalue weighted by Gasteiger charge is 2.15. The topological polar surface area (TPSA) is 101 Å². The van der Waals surface area contributed by atoms with Gasteiger partial charge in [-0.1, -0.05) is 41.7 Å². The van der Waals surface area contributed by atoms with E-state index in [1.54, 1.807) is 6.08 Å². The van der Waals surface area contributed by atoms with Crippen molar-refractivity contribution < 1.29 is 13.2 Å². The summed E-state index contributed by atoms with van der Waals surface area (Å²) in [5.41, 5.74) is 2.83. The third-order valence-electron chi connectivity index (χ3n) is 3.24. The van der Waals surface area contributed by atoms with Crippen LogP contribution in [0.25, 0.3) is 6.08 Å². The molecule has 9 heteroatoms. The number of carbonyl (C=O) groups is 1. The van der Waals surface area contributed by atoms with E-state index >= 15 is 0 Å². The normalized spacial score (nSPS) is 11.4. The Kier molecular flexibility index (Phi) is 5.40. The van der Waals surface area contributed by atoms with Crippen LogP contribution in [0.2, 0.25) is 0 Å². The van der Waals surface area contributed by atoms with E-state index in [4.69, 9.17) is 0 Å². The number of aromatic nitrogens is 2. The Balaban J connectivity index is 1.64. The zero-order chi connectivity index (χ0) is 18.4. The van der Waals surface area contributed by atoms with E-state index in [-0.39, 0.29) is 15.9 Å². The lowest BCUT2D eigenvalue weighted by Crippen LogP contribution is -2.13. The maximum Gasteiger partial charge on any atom is 0.263 e. The van der Waals surface area contributed by atoms with Crippen molar-refractivity contribution in [2.24, 2.45) is 0 Å². The Morgan fingerprint density at radius 1 is 1.04 bits per heavy atom. The molecule has 2 N–H and O–H groups in total. The highest BCUT2D eigenvalue weighted by molar-refractivity contribution is 7.93. The first kappa shape index (κ1) is 17.8. The summed E-state index contributed by atoms with van der Waals surface area (Å²) in [6.45, 7) is 0. The summed E-state index contributed by atoms with van der Waals surface area (Å²) in [4.78, 5) is 12.0. The zero-order valence-electron chi connectivity index (χ0n) is 13.4. The van der Waals surface area contributed by atoms with Gasteiger partial charge in [-0.3, -0.25) is 9.52 Å². The minimum absolute atomic E-state index is 0.0607. The number of hydrogen-bond donors (Lipinski definition) is 2. The second-order valence-electron chi connectivity index (χ2n) is 5.11. The van der Waals surface area contributed by atoms with Gasteiger partial charge in [-0.15, -0.1) is 10.2 Å². The lowest BCUT2D eigenvalue weighted by Gasteiger charge is -2.06. The van der Waals surface area contributed by atoms with Crippen molar-refractivity contribution in [3.63, 3.8) is 0 Å². The molecule has 1 amide bonds. The third-order valence-corrected chi connectivity index (χ3v) is 5.33.